The molecule has 0 heterocycles. The molecule has 0 amide bonds. The van der Waals surface area contributed by atoms with E-state index < -0.39 is 56.0 Å². The topological polar surface area (TPSA) is 193 Å². The van der Waals surface area contributed by atoms with Crippen LogP contribution in [-0.4, -0.2) is 104 Å². The average molecular weight is 575 g/mol. The van der Waals surface area contributed by atoms with Gasteiger partial charge in [-0.3, -0.25) is 33.8 Å². The van der Waals surface area contributed by atoms with E-state index in [4.69, 9.17) is 25.5 Å². The molecule has 0 unspecified atom stereocenters. The Morgan fingerprint density at radius 1 is 0.475 bits per heavy atom. The number of carboxylic acids is 5. The highest BCUT2D eigenvalue weighted by Crippen LogP contribution is 2.09. The van der Waals surface area contributed by atoms with Gasteiger partial charge < -0.3 is 25.5 Å². The summed E-state index contributed by atoms with van der Waals surface area (Å²) in [4.78, 5) is 54.7. The van der Waals surface area contributed by atoms with Crippen molar-refractivity contribution in [2.24, 2.45) is 0 Å². The Morgan fingerprint density at radius 3 is 1.12 bits per heavy atom. The van der Waals surface area contributed by atoms with Crippen LogP contribution in [-0.2, 0) is 24.0 Å². The maximum absolute atomic E-state index is 10.6. The minimum Gasteiger partial charge on any atom is -0.481 e. The zero-order chi connectivity index (χ0) is 30.6. The summed E-state index contributed by atoms with van der Waals surface area (Å²) in [5.74, 6) is -5.57. The highest BCUT2D eigenvalue weighted by atomic mass is 16.4. The van der Waals surface area contributed by atoms with Gasteiger partial charge in [0.1, 0.15) is 0 Å². The first-order valence-corrected chi connectivity index (χ1v) is 14.2. The molecule has 0 bridgehead atoms. The lowest BCUT2D eigenvalue weighted by Gasteiger charge is -2.23. The van der Waals surface area contributed by atoms with E-state index >= 15 is 0 Å². The number of hydrogen-bond acceptors (Lipinski definition) is 7. The Kier molecular flexibility index (Phi) is 27.0. The summed E-state index contributed by atoms with van der Waals surface area (Å²) in [7, 11) is 0. The second-order valence-electron chi connectivity index (χ2n) is 9.72. The van der Waals surface area contributed by atoms with Crippen molar-refractivity contribution < 1.29 is 49.5 Å². The SMILES string of the molecule is CCCCCCCC/C=C\CCCCCCCC(=O)O.O=C(O)CN(CCN(CC(=O)O)CC(=O)O)CC(=O)O. The molecule has 0 saturated heterocycles. The van der Waals surface area contributed by atoms with E-state index in [1.807, 2.05) is 0 Å². The van der Waals surface area contributed by atoms with E-state index in [2.05, 4.69) is 19.1 Å². The molecule has 0 fully saturated rings. The summed E-state index contributed by atoms with van der Waals surface area (Å²) >= 11 is 0. The first-order chi connectivity index (χ1) is 19.0. The second kappa shape index (κ2) is 27.6. The lowest BCUT2D eigenvalue weighted by atomic mass is 10.1. The van der Waals surface area contributed by atoms with E-state index in [1.54, 1.807) is 0 Å². The number of hydrogen-bond donors (Lipinski definition) is 5. The summed E-state index contributed by atoms with van der Waals surface area (Å²) < 4.78 is 0. The second-order valence-corrected chi connectivity index (χ2v) is 9.72. The van der Waals surface area contributed by atoms with Crippen LogP contribution in [0.25, 0.3) is 0 Å². The van der Waals surface area contributed by atoms with Gasteiger partial charge in [0.2, 0.25) is 0 Å². The smallest absolute Gasteiger partial charge is 0.317 e. The van der Waals surface area contributed by atoms with Crippen LogP contribution in [0.1, 0.15) is 96.8 Å². The minimum atomic E-state index is -1.23. The summed E-state index contributed by atoms with van der Waals surface area (Å²) in [6.07, 6.45) is 21.2. The van der Waals surface area contributed by atoms with Gasteiger partial charge in [-0.15, -0.1) is 0 Å². The Bertz CT molecular complexity index is 675. The first-order valence-electron chi connectivity index (χ1n) is 14.2. The largest absolute Gasteiger partial charge is 0.481 e. The Hall–Kier alpha value is -2.99. The van der Waals surface area contributed by atoms with Crippen LogP contribution in [0.4, 0.5) is 0 Å². The summed E-state index contributed by atoms with van der Waals surface area (Å²) in [5, 5.41) is 43.0. The molecule has 40 heavy (non-hydrogen) atoms. The monoisotopic (exact) mass is 574 g/mol. The first kappa shape index (κ1) is 39.2. The van der Waals surface area contributed by atoms with E-state index in [-0.39, 0.29) is 13.1 Å². The van der Waals surface area contributed by atoms with E-state index in [9.17, 15) is 24.0 Å². The molecular formula is C28H50N2O10. The highest BCUT2D eigenvalue weighted by molar-refractivity contribution is 5.73. The fraction of sp³-hybridized carbons (Fsp3) is 0.750. The van der Waals surface area contributed by atoms with Crippen LogP contribution >= 0.6 is 0 Å². The summed E-state index contributed by atoms with van der Waals surface area (Å²) in [6.45, 7) is 0.00828. The van der Waals surface area contributed by atoms with Gasteiger partial charge in [0, 0.05) is 19.5 Å². The number of carbonyl (C=O) groups is 5. The van der Waals surface area contributed by atoms with E-state index in [1.165, 1.54) is 70.6 Å². The molecule has 0 aromatic carbocycles. The van der Waals surface area contributed by atoms with Crippen molar-refractivity contribution in [3.8, 4) is 0 Å². The van der Waals surface area contributed by atoms with Crippen LogP contribution in [0, 0.1) is 0 Å². The van der Waals surface area contributed by atoms with Crippen LogP contribution in [0.15, 0.2) is 12.2 Å². The van der Waals surface area contributed by atoms with Gasteiger partial charge in [0.15, 0.2) is 0 Å². The Balaban J connectivity index is 0. The lowest BCUT2D eigenvalue weighted by molar-refractivity contribution is -0.145. The standard InChI is InChI=1S/C18H34O2.C10H16N2O8/c1-2-3-4-5-6-7-8-9-10-11-12-13-14-15-16-17-18(19)20;13-7(14)3-11(4-8(15)16)1-2-12(5-9(17)18)6-10(19)20/h9-10H,2-8,11-17H2,1H3,(H,19,20);1-6H2,(H,13,14)(H,15,16)(H,17,18)(H,19,20)/b10-9-;. The molecule has 12 nitrogen and oxygen atoms in total. The molecule has 5 N–H and O–H groups in total. The van der Waals surface area contributed by atoms with Gasteiger partial charge in [-0.1, -0.05) is 70.4 Å². The third-order valence-electron chi connectivity index (χ3n) is 5.82. The molecule has 0 aromatic rings. The number of nitrogens with zero attached hydrogens (tertiary/aromatic N) is 2. The number of aliphatic carboxylic acids is 5. The molecule has 0 aromatic heterocycles. The molecule has 0 spiro atoms. The molecule has 0 aliphatic rings. The quantitative estimate of drug-likeness (QED) is 0.0736. The van der Waals surface area contributed by atoms with Gasteiger partial charge in [-0.05, 0) is 32.1 Å². The fourth-order valence-corrected chi connectivity index (χ4v) is 3.82. The van der Waals surface area contributed by atoms with Crippen molar-refractivity contribution in [3.63, 3.8) is 0 Å². The number of carboxylic acid groups (broad SMARTS) is 5. The number of rotatable bonds is 26. The van der Waals surface area contributed by atoms with Crippen molar-refractivity contribution >= 4 is 29.8 Å². The molecule has 0 aliphatic heterocycles. The number of unbranched alkanes of at least 4 members (excludes halogenated alkanes) is 11. The molecule has 0 radical (unpaired) electrons. The molecule has 232 valence electrons. The molecule has 0 saturated carbocycles. The highest BCUT2D eigenvalue weighted by Gasteiger charge is 2.18. The third-order valence-corrected chi connectivity index (χ3v) is 5.82. The zero-order valence-electron chi connectivity index (χ0n) is 24.0. The summed E-state index contributed by atoms with van der Waals surface area (Å²) in [5.41, 5.74) is 0. The van der Waals surface area contributed by atoms with Crippen LogP contribution in [0.2, 0.25) is 0 Å². The normalized spacial score (nSPS) is 11.0. The van der Waals surface area contributed by atoms with Crippen molar-refractivity contribution in [2.75, 3.05) is 39.3 Å². The van der Waals surface area contributed by atoms with Gasteiger partial charge in [-0.2, -0.15) is 0 Å². The van der Waals surface area contributed by atoms with Gasteiger partial charge in [0.05, 0.1) is 26.2 Å². The van der Waals surface area contributed by atoms with Crippen molar-refractivity contribution in [1.29, 1.82) is 0 Å². The maximum Gasteiger partial charge on any atom is 0.317 e. The maximum atomic E-state index is 10.6. The van der Waals surface area contributed by atoms with E-state index in [0.29, 0.717) is 6.42 Å². The molecule has 12 heteroatoms. The Labute approximate surface area is 237 Å². The van der Waals surface area contributed by atoms with E-state index in [0.717, 1.165) is 22.6 Å². The number of allylic oxidation sites excluding steroid dienone is 2. The van der Waals surface area contributed by atoms with Crippen LogP contribution in [0.5, 0.6) is 0 Å². The average Bonchev–Trinajstić information content (AvgIpc) is 2.83. The fourth-order valence-electron chi connectivity index (χ4n) is 3.82. The van der Waals surface area contributed by atoms with Crippen molar-refractivity contribution in [2.45, 2.75) is 96.8 Å². The Morgan fingerprint density at radius 2 is 0.800 bits per heavy atom. The predicted octanol–water partition coefficient (Wildman–Crippen LogP) is 4.04. The van der Waals surface area contributed by atoms with Crippen LogP contribution in [0.3, 0.4) is 0 Å². The van der Waals surface area contributed by atoms with Gasteiger partial charge in [-0.25, -0.2) is 0 Å². The lowest BCUT2D eigenvalue weighted by Crippen LogP contribution is -2.43. The zero-order valence-corrected chi connectivity index (χ0v) is 24.0. The molecule has 0 atom stereocenters. The summed E-state index contributed by atoms with van der Waals surface area (Å²) in [6, 6.07) is 0. The van der Waals surface area contributed by atoms with Crippen molar-refractivity contribution in [3.05, 3.63) is 12.2 Å². The predicted molar refractivity (Wildman–Crippen MR) is 151 cm³/mol. The molecular weight excluding hydrogens is 524 g/mol. The third kappa shape index (κ3) is 33.0. The van der Waals surface area contributed by atoms with Crippen LogP contribution < -0.4 is 0 Å². The van der Waals surface area contributed by atoms with Gasteiger partial charge >= 0.3 is 29.8 Å². The molecule has 0 rings (SSSR count). The molecule has 0 aliphatic carbocycles. The minimum absolute atomic E-state index is 0.0703. The van der Waals surface area contributed by atoms with Gasteiger partial charge in [0.25, 0.3) is 0 Å². The van der Waals surface area contributed by atoms with Crippen molar-refractivity contribution in [1.82, 2.24) is 9.80 Å².